The number of hydrogen-bond donors (Lipinski definition) is 2. The molecule has 0 aliphatic rings. The molecule has 0 unspecified atom stereocenters. The van der Waals surface area contributed by atoms with E-state index < -0.39 is 0 Å². The van der Waals surface area contributed by atoms with Crippen LogP contribution in [0, 0.1) is 0 Å². The van der Waals surface area contributed by atoms with Gasteiger partial charge in [0.25, 0.3) is 0 Å². The van der Waals surface area contributed by atoms with Gasteiger partial charge < -0.3 is 15.4 Å². The fraction of sp³-hybridized carbons (Fsp3) is 0.211. The molecule has 0 amide bonds. The number of benzene rings is 1. The monoisotopic (exact) mass is 478 g/mol. The fourth-order valence-corrected chi connectivity index (χ4v) is 2.44. The van der Waals surface area contributed by atoms with E-state index in [0.29, 0.717) is 13.1 Å². The van der Waals surface area contributed by atoms with Crippen molar-refractivity contribution in [3.8, 4) is 11.6 Å². The lowest BCUT2D eigenvalue weighted by Crippen LogP contribution is -2.36. The van der Waals surface area contributed by atoms with Crippen LogP contribution in [0.1, 0.15) is 11.1 Å². The third-order valence-corrected chi connectivity index (χ3v) is 3.85. The van der Waals surface area contributed by atoms with Crippen LogP contribution in [-0.2, 0) is 13.1 Å². The highest BCUT2D eigenvalue weighted by Gasteiger charge is 2.02. The Kier molecular flexibility index (Phi) is 8.05. The van der Waals surface area contributed by atoms with Gasteiger partial charge in [-0.3, -0.25) is 4.99 Å². The smallest absolute Gasteiger partial charge is 0.191 e. The number of aliphatic imine (C=N–C) groups is 1. The number of aromatic nitrogens is 3. The number of nitrogens with zero attached hydrogens (tertiary/aromatic N) is 4. The van der Waals surface area contributed by atoms with Crippen molar-refractivity contribution in [2.45, 2.75) is 13.1 Å². The summed E-state index contributed by atoms with van der Waals surface area (Å²) in [6, 6.07) is 13.8. The summed E-state index contributed by atoms with van der Waals surface area (Å²) in [5.41, 5.74) is 2.25. The molecule has 0 spiro atoms. The van der Waals surface area contributed by atoms with Crippen molar-refractivity contribution in [1.82, 2.24) is 25.4 Å². The van der Waals surface area contributed by atoms with Gasteiger partial charge in [0.1, 0.15) is 5.75 Å². The lowest BCUT2D eigenvalue weighted by atomic mass is 10.2. The highest BCUT2D eigenvalue weighted by Crippen LogP contribution is 2.11. The zero-order chi connectivity index (χ0) is 18.2. The molecular weight excluding hydrogens is 455 g/mol. The van der Waals surface area contributed by atoms with E-state index in [1.54, 1.807) is 31.2 Å². The molecule has 0 aliphatic heterocycles. The van der Waals surface area contributed by atoms with Gasteiger partial charge in [0.2, 0.25) is 0 Å². The van der Waals surface area contributed by atoms with E-state index in [-0.39, 0.29) is 24.0 Å². The number of rotatable bonds is 6. The van der Waals surface area contributed by atoms with Gasteiger partial charge in [-0.2, -0.15) is 5.10 Å². The van der Waals surface area contributed by atoms with Crippen LogP contribution < -0.4 is 15.4 Å². The Bertz CT molecular complexity index is 849. The standard InChI is InChI=1S/C19H22N6O.HI/c1-20-19(22-13-15-4-6-17(26-2)7-5-15)23-14-16-8-10-21-18(12-16)25-11-3-9-24-25;/h3-12H,13-14H2,1-2H3,(H2,20,22,23);1H. The normalized spacial score (nSPS) is 10.8. The van der Waals surface area contributed by atoms with E-state index in [9.17, 15) is 0 Å². The van der Waals surface area contributed by atoms with Gasteiger partial charge in [-0.1, -0.05) is 12.1 Å². The van der Waals surface area contributed by atoms with Crippen LogP contribution in [0.2, 0.25) is 0 Å². The maximum atomic E-state index is 5.17. The number of halogens is 1. The third-order valence-electron chi connectivity index (χ3n) is 3.85. The molecule has 0 radical (unpaired) electrons. The Hall–Kier alpha value is -2.62. The van der Waals surface area contributed by atoms with Gasteiger partial charge in [0.05, 0.1) is 7.11 Å². The number of ether oxygens (including phenoxy) is 1. The summed E-state index contributed by atoms with van der Waals surface area (Å²) in [6.07, 6.45) is 5.38. The minimum atomic E-state index is 0. The van der Waals surface area contributed by atoms with E-state index in [1.807, 2.05) is 48.7 Å². The quantitative estimate of drug-likeness (QED) is 0.324. The average Bonchev–Trinajstić information content (AvgIpc) is 3.24. The van der Waals surface area contributed by atoms with Crippen molar-refractivity contribution in [3.05, 3.63) is 72.2 Å². The van der Waals surface area contributed by atoms with Crippen molar-refractivity contribution in [3.63, 3.8) is 0 Å². The first kappa shape index (κ1) is 20.7. The summed E-state index contributed by atoms with van der Waals surface area (Å²) in [4.78, 5) is 8.60. The Morgan fingerprint density at radius 2 is 1.81 bits per heavy atom. The van der Waals surface area contributed by atoms with Gasteiger partial charge in [-0.05, 0) is 41.5 Å². The zero-order valence-corrected chi connectivity index (χ0v) is 17.6. The molecular formula is C19H23IN6O. The highest BCUT2D eigenvalue weighted by molar-refractivity contribution is 14.0. The Balaban J connectivity index is 0.00000261. The summed E-state index contributed by atoms with van der Waals surface area (Å²) in [6.45, 7) is 1.32. The molecule has 2 aromatic heterocycles. The van der Waals surface area contributed by atoms with Gasteiger partial charge >= 0.3 is 0 Å². The molecule has 142 valence electrons. The summed E-state index contributed by atoms with van der Waals surface area (Å²) in [5.74, 6) is 2.37. The van der Waals surface area contributed by atoms with E-state index in [1.165, 1.54) is 0 Å². The van der Waals surface area contributed by atoms with Crippen LogP contribution in [0.3, 0.4) is 0 Å². The third kappa shape index (κ3) is 5.95. The summed E-state index contributed by atoms with van der Waals surface area (Å²) in [5, 5.41) is 10.8. The molecule has 0 aliphatic carbocycles. The van der Waals surface area contributed by atoms with Gasteiger partial charge in [0.15, 0.2) is 11.8 Å². The molecule has 3 rings (SSSR count). The van der Waals surface area contributed by atoms with Crippen LogP contribution in [-0.4, -0.2) is 34.9 Å². The Labute approximate surface area is 175 Å². The average molecular weight is 478 g/mol. The molecule has 0 saturated heterocycles. The van der Waals surface area contributed by atoms with Crippen LogP contribution in [0.15, 0.2) is 66.0 Å². The van der Waals surface area contributed by atoms with E-state index in [2.05, 4.69) is 25.7 Å². The van der Waals surface area contributed by atoms with Crippen LogP contribution in [0.4, 0.5) is 0 Å². The molecule has 7 nitrogen and oxygen atoms in total. The maximum Gasteiger partial charge on any atom is 0.191 e. The first-order valence-corrected chi connectivity index (χ1v) is 8.31. The largest absolute Gasteiger partial charge is 0.497 e. The number of guanidine groups is 1. The van der Waals surface area contributed by atoms with Crippen molar-refractivity contribution in [1.29, 1.82) is 0 Å². The van der Waals surface area contributed by atoms with E-state index >= 15 is 0 Å². The van der Waals surface area contributed by atoms with E-state index in [4.69, 9.17) is 4.74 Å². The van der Waals surface area contributed by atoms with Crippen molar-refractivity contribution in [2.24, 2.45) is 4.99 Å². The molecule has 0 saturated carbocycles. The summed E-state index contributed by atoms with van der Waals surface area (Å²) in [7, 11) is 3.42. The molecule has 1 aromatic carbocycles. The second-order valence-electron chi connectivity index (χ2n) is 5.60. The zero-order valence-electron chi connectivity index (χ0n) is 15.3. The van der Waals surface area contributed by atoms with Crippen LogP contribution in [0.5, 0.6) is 5.75 Å². The topological polar surface area (TPSA) is 76.4 Å². The Morgan fingerprint density at radius 3 is 2.44 bits per heavy atom. The highest BCUT2D eigenvalue weighted by atomic mass is 127. The lowest BCUT2D eigenvalue weighted by Gasteiger charge is -2.12. The van der Waals surface area contributed by atoms with Crippen molar-refractivity contribution >= 4 is 29.9 Å². The molecule has 8 heteroatoms. The SMILES string of the molecule is CN=C(NCc1ccc(OC)cc1)NCc1ccnc(-n2cccn2)c1.I. The summed E-state index contributed by atoms with van der Waals surface area (Å²) >= 11 is 0. The molecule has 0 atom stereocenters. The number of pyridine rings is 1. The molecule has 2 N–H and O–H groups in total. The van der Waals surface area contributed by atoms with Gasteiger partial charge in [-0.25, -0.2) is 9.67 Å². The number of nitrogens with one attached hydrogen (secondary N) is 2. The lowest BCUT2D eigenvalue weighted by molar-refractivity contribution is 0.414. The fourth-order valence-electron chi connectivity index (χ4n) is 2.44. The predicted octanol–water partition coefficient (Wildman–Crippen LogP) is 2.76. The molecule has 2 heterocycles. The van der Waals surface area contributed by atoms with Crippen LogP contribution >= 0.6 is 24.0 Å². The van der Waals surface area contributed by atoms with Gasteiger partial charge in [0, 0.05) is 38.7 Å². The Morgan fingerprint density at radius 1 is 1.07 bits per heavy atom. The summed E-state index contributed by atoms with van der Waals surface area (Å²) < 4.78 is 6.91. The second-order valence-corrected chi connectivity index (χ2v) is 5.60. The molecule has 3 aromatic rings. The predicted molar refractivity (Wildman–Crippen MR) is 117 cm³/mol. The van der Waals surface area contributed by atoms with Crippen LogP contribution in [0.25, 0.3) is 5.82 Å². The number of hydrogen-bond acceptors (Lipinski definition) is 4. The first-order chi connectivity index (χ1) is 12.8. The van der Waals surface area contributed by atoms with Crippen molar-refractivity contribution in [2.75, 3.05) is 14.2 Å². The molecule has 0 fully saturated rings. The minimum absolute atomic E-state index is 0. The molecule has 0 bridgehead atoms. The number of methoxy groups -OCH3 is 1. The minimum Gasteiger partial charge on any atom is -0.497 e. The van der Waals surface area contributed by atoms with Crippen molar-refractivity contribution < 1.29 is 4.74 Å². The van der Waals surface area contributed by atoms with E-state index in [0.717, 1.165) is 28.7 Å². The second kappa shape index (κ2) is 10.5. The molecule has 27 heavy (non-hydrogen) atoms. The first-order valence-electron chi connectivity index (χ1n) is 8.31. The maximum absolute atomic E-state index is 5.17. The van der Waals surface area contributed by atoms with Gasteiger partial charge in [-0.15, -0.1) is 24.0 Å².